The van der Waals surface area contributed by atoms with Crippen LogP contribution in [0.4, 0.5) is 5.69 Å². The van der Waals surface area contributed by atoms with Gasteiger partial charge in [-0.1, -0.05) is 15.9 Å². The summed E-state index contributed by atoms with van der Waals surface area (Å²) in [6, 6.07) is 6.80. The Balaban J connectivity index is 2.27. The van der Waals surface area contributed by atoms with E-state index in [9.17, 15) is 9.59 Å². The molecule has 2 N–H and O–H groups in total. The van der Waals surface area contributed by atoms with E-state index in [-0.39, 0.29) is 18.1 Å². The molecule has 0 atom stereocenters. The predicted octanol–water partition coefficient (Wildman–Crippen LogP) is 4.11. The normalized spacial score (nSPS) is 10.4. The van der Waals surface area contributed by atoms with Crippen molar-refractivity contribution in [1.82, 2.24) is 4.57 Å². The lowest BCUT2D eigenvalue weighted by Gasteiger charge is -2.11. The highest BCUT2D eigenvalue weighted by atomic mass is 79.9. The molecule has 0 aliphatic rings. The molecule has 2 aromatic rings. The first-order chi connectivity index (χ1) is 9.88. The van der Waals surface area contributed by atoms with E-state index in [0.717, 1.165) is 4.47 Å². The summed E-state index contributed by atoms with van der Waals surface area (Å²) in [5.74, 6) is -1.39. The van der Waals surface area contributed by atoms with Crippen molar-refractivity contribution in [1.29, 1.82) is 0 Å². The number of benzene rings is 1. The quantitative estimate of drug-likeness (QED) is 0.691. The van der Waals surface area contributed by atoms with Gasteiger partial charge in [0, 0.05) is 19.6 Å². The predicted molar refractivity (Wildman–Crippen MR) is 89.6 cm³/mol. The van der Waals surface area contributed by atoms with Crippen molar-refractivity contribution in [3.8, 4) is 0 Å². The van der Waals surface area contributed by atoms with Gasteiger partial charge in [0.25, 0.3) is 5.91 Å². The van der Waals surface area contributed by atoms with Gasteiger partial charge in [0.15, 0.2) is 0 Å². The monoisotopic (exact) mass is 478 g/mol. The molecule has 0 bridgehead atoms. The molecule has 0 unspecified atom stereocenters. The average Bonchev–Trinajstić information content (AvgIpc) is 2.80. The third kappa shape index (κ3) is 3.96. The number of nitrogens with one attached hydrogen (secondary N) is 1. The van der Waals surface area contributed by atoms with Gasteiger partial charge in [-0.3, -0.25) is 9.59 Å². The number of nitrogens with zero attached hydrogens (tertiary/aromatic N) is 1. The van der Waals surface area contributed by atoms with Gasteiger partial charge in [0.1, 0.15) is 12.2 Å². The molecule has 1 aromatic carbocycles. The number of rotatable bonds is 4. The number of carbonyl (C=O) groups excluding carboxylic acids is 1. The highest BCUT2D eigenvalue weighted by Gasteiger charge is 2.16. The van der Waals surface area contributed by atoms with Crippen molar-refractivity contribution in [3.05, 3.63) is 49.6 Å². The summed E-state index contributed by atoms with van der Waals surface area (Å²) in [5, 5.41) is 11.6. The van der Waals surface area contributed by atoms with Crippen molar-refractivity contribution in [2.75, 3.05) is 5.32 Å². The highest BCUT2D eigenvalue weighted by Crippen LogP contribution is 2.34. The SMILES string of the molecule is O=C(O)Cn1cccc1C(=O)Nc1c(Br)cc(Br)cc1Br. The van der Waals surface area contributed by atoms with Crippen LogP contribution in [-0.2, 0) is 11.3 Å². The van der Waals surface area contributed by atoms with Gasteiger partial charge >= 0.3 is 5.97 Å². The lowest BCUT2D eigenvalue weighted by atomic mass is 10.3. The molecule has 21 heavy (non-hydrogen) atoms. The Morgan fingerprint density at radius 2 is 1.81 bits per heavy atom. The molecule has 110 valence electrons. The Kier molecular flexibility index (Phi) is 5.23. The number of aromatic nitrogens is 1. The number of hydrogen-bond donors (Lipinski definition) is 2. The van der Waals surface area contributed by atoms with Gasteiger partial charge in [-0.05, 0) is 56.1 Å². The second-order valence-corrected chi connectivity index (χ2v) is 6.74. The maximum absolute atomic E-state index is 12.3. The minimum atomic E-state index is -1.01. The maximum atomic E-state index is 12.3. The molecule has 1 heterocycles. The summed E-state index contributed by atoms with van der Waals surface area (Å²) in [7, 11) is 0. The molecule has 0 aliphatic carbocycles. The highest BCUT2D eigenvalue weighted by molar-refractivity contribution is 9.11. The molecular weight excluding hydrogens is 472 g/mol. The van der Waals surface area contributed by atoms with Crippen molar-refractivity contribution in [3.63, 3.8) is 0 Å². The fourth-order valence-corrected chi connectivity index (χ4v) is 4.20. The number of carbonyl (C=O) groups is 2. The standard InChI is InChI=1S/C13H9Br3N2O3/c14-7-4-8(15)12(9(16)5-7)17-13(21)10-2-1-3-18(10)6-11(19)20/h1-5H,6H2,(H,17,21)(H,19,20). The Morgan fingerprint density at radius 3 is 2.38 bits per heavy atom. The van der Waals surface area contributed by atoms with Gasteiger partial charge in [-0.25, -0.2) is 0 Å². The molecule has 5 nitrogen and oxygen atoms in total. The number of hydrogen-bond acceptors (Lipinski definition) is 2. The molecular formula is C13H9Br3N2O3. The van der Waals surface area contributed by atoms with Crippen molar-refractivity contribution in [2.45, 2.75) is 6.54 Å². The van der Waals surface area contributed by atoms with Crippen LogP contribution in [-0.4, -0.2) is 21.6 Å². The molecule has 2 rings (SSSR count). The number of carboxylic acids is 1. The molecule has 8 heteroatoms. The zero-order chi connectivity index (χ0) is 15.6. The number of aliphatic carboxylic acids is 1. The number of halogens is 3. The molecule has 0 fully saturated rings. The lowest BCUT2D eigenvalue weighted by Crippen LogP contribution is -2.19. The van der Waals surface area contributed by atoms with Crippen LogP contribution >= 0.6 is 47.8 Å². The number of carboxylic acid groups (broad SMARTS) is 1. The Labute approximate surface area is 145 Å². The minimum Gasteiger partial charge on any atom is -0.480 e. The van der Waals surface area contributed by atoms with Crippen LogP contribution < -0.4 is 5.32 Å². The fraction of sp³-hybridized carbons (Fsp3) is 0.0769. The molecule has 1 amide bonds. The van der Waals surface area contributed by atoms with Crippen molar-refractivity contribution in [2.24, 2.45) is 0 Å². The summed E-state index contributed by atoms with van der Waals surface area (Å²) < 4.78 is 3.63. The Bertz CT molecular complexity index is 689. The molecule has 1 aromatic heterocycles. The van der Waals surface area contributed by atoms with Gasteiger partial charge in [-0.15, -0.1) is 0 Å². The second kappa shape index (κ2) is 6.76. The third-order valence-electron chi connectivity index (χ3n) is 2.61. The first kappa shape index (κ1) is 16.3. The summed E-state index contributed by atoms with van der Waals surface area (Å²) in [6.07, 6.45) is 1.55. The van der Waals surface area contributed by atoms with E-state index in [4.69, 9.17) is 5.11 Å². The number of amides is 1. The topological polar surface area (TPSA) is 71.3 Å². The maximum Gasteiger partial charge on any atom is 0.323 e. The fourth-order valence-electron chi connectivity index (χ4n) is 1.74. The van der Waals surface area contributed by atoms with Crippen molar-refractivity contribution >= 4 is 65.4 Å². The molecule has 0 saturated carbocycles. The van der Waals surface area contributed by atoms with E-state index in [1.54, 1.807) is 30.5 Å². The van der Waals surface area contributed by atoms with Gasteiger partial charge < -0.3 is 15.0 Å². The van der Waals surface area contributed by atoms with E-state index in [0.29, 0.717) is 14.6 Å². The lowest BCUT2D eigenvalue weighted by molar-refractivity contribution is -0.137. The largest absolute Gasteiger partial charge is 0.480 e. The first-order valence-electron chi connectivity index (χ1n) is 5.71. The molecule has 0 radical (unpaired) electrons. The summed E-state index contributed by atoms with van der Waals surface area (Å²) in [4.78, 5) is 23.1. The summed E-state index contributed by atoms with van der Waals surface area (Å²) >= 11 is 10.1. The van der Waals surface area contributed by atoms with E-state index in [1.807, 2.05) is 0 Å². The van der Waals surface area contributed by atoms with Gasteiger partial charge in [-0.2, -0.15) is 0 Å². The summed E-state index contributed by atoms with van der Waals surface area (Å²) in [5.41, 5.74) is 0.852. The minimum absolute atomic E-state index is 0.265. The van der Waals surface area contributed by atoms with Crippen LogP contribution in [0.25, 0.3) is 0 Å². The van der Waals surface area contributed by atoms with E-state index in [1.165, 1.54) is 4.57 Å². The third-order valence-corrected chi connectivity index (χ3v) is 4.32. The van der Waals surface area contributed by atoms with Crippen LogP contribution in [0.15, 0.2) is 43.9 Å². The molecule has 0 aliphatic heterocycles. The van der Waals surface area contributed by atoms with Crippen LogP contribution in [0.3, 0.4) is 0 Å². The zero-order valence-corrected chi connectivity index (χ0v) is 15.2. The van der Waals surface area contributed by atoms with E-state index < -0.39 is 5.97 Å². The average molecular weight is 481 g/mol. The number of anilines is 1. The summed E-state index contributed by atoms with van der Waals surface area (Å²) in [6.45, 7) is -0.265. The Hall–Kier alpha value is -1.12. The molecule has 0 spiro atoms. The first-order valence-corrected chi connectivity index (χ1v) is 8.09. The zero-order valence-electron chi connectivity index (χ0n) is 10.4. The smallest absolute Gasteiger partial charge is 0.323 e. The van der Waals surface area contributed by atoms with Crippen molar-refractivity contribution < 1.29 is 14.7 Å². The molecule has 0 saturated heterocycles. The van der Waals surface area contributed by atoms with Crippen LogP contribution in [0.1, 0.15) is 10.5 Å². The van der Waals surface area contributed by atoms with Gasteiger partial charge in [0.05, 0.1) is 5.69 Å². The van der Waals surface area contributed by atoms with Crippen LogP contribution in [0.5, 0.6) is 0 Å². The van der Waals surface area contributed by atoms with E-state index >= 15 is 0 Å². The second-order valence-electron chi connectivity index (χ2n) is 4.11. The van der Waals surface area contributed by atoms with Gasteiger partial charge in [0.2, 0.25) is 0 Å². The Morgan fingerprint density at radius 1 is 1.19 bits per heavy atom. The van der Waals surface area contributed by atoms with E-state index in [2.05, 4.69) is 53.1 Å². The van der Waals surface area contributed by atoms with Crippen LogP contribution in [0.2, 0.25) is 0 Å². The van der Waals surface area contributed by atoms with Crippen LogP contribution in [0, 0.1) is 0 Å².